The fraction of sp³-hybridized carbons (Fsp3) is 0.583. The van der Waals surface area contributed by atoms with Crippen molar-refractivity contribution in [1.29, 1.82) is 0 Å². The predicted molar refractivity (Wildman–Crippen MR) is 74.6 cm³/mol. The third kappa shape index (κ3) is 3.74. The third-order valence-corrected chi connectivity index (χ3v) is 4.67. The van der Waals surface area contributed by atoms with Crippen LogP contribution in [0.4, 0.5) is 0 Å². The Bertz CT molecular complexity index is 549. The van der Waals surface area contributed by atoms with Crippen LogP contribution in [0.2, 0.25) is 0 Å². The number of nitrogens with one attached hydrogen (secondary N) is 1. The molecular weight excluding hydrogens is 280 g/mol. The Hall–Kier alpha value is -1.06. The first-order valence-corrected chi connectivity index (χ1v) is 7.95. The largest absolute Gasteiger partial charge is 0.374 e. The summed E-state index contributed by atoms with van der Waals surface area (Å²) in [4.78, 5) is 6.23. The molecule has 2 rings (SSSR count). The van der Waals surface area contributed by atoms with E-state index < -0.39 is 10.0 Å². The van der Waals surface area contributed by atoms with Gasteiger partial charge in [-0.25, -0.2) is 13.1 Å². The van der Waals surface area contributed by atoms with E-state index in [1.54, 1.807) is 6.07 Å². The van der Waals surface area contributed by atoms with Crippen molar-refractivity contribution in [2.45, 2.75) is 17.5 Å². The van der Waals surface area contributed by atoms with E-state index in [0.29, 0.717) is 18.8 Å². The van der Waals surface area contributed by atoms with Crippen LogP contribution in [0.5, 0.6) is 0 Å². The number of pyridine rings is 1. The zero-order valence-corrected chi connectivity index (χ0v) is 12.3. The zero-order valence-electron chi connectivity index (χ0n) is 11.4. The van der Waals surface area contributed by atoms with Crippen LogP contribution in [-0.4, -0.2) is 57.7 Å². The minimum atomic E-state index is -3.61. The molecule has 2 heterocycles. The van der Waals surface area contributed by atoms with Crippen molar-refractivity contribution in [1.82, 2.24) is 14.6 Å². The van der Waals surface area contributed by atoms with Crippen LogP contribution in [-0.2, 0) is 21.3 Å². The number of ether oxygens (including phenoxy) is 1. The Morgan fingerprint density at radius 1 is 1.60 bits per heavy atom. The molecule has 0 amide bonds. The monoisotopic (exact) mass is 300 g/mol. The molecule has 3 N–H and O–H groups in total. The fourth-order valence-electron chi connectivity index (χ4n) is 2.09. The number of hydrogen-bond acceptors (Lipinski definition) is 6. The van der Waals surface area contributed by atoms with Crippen molar-refractivity contribution in [2.24, 2.45) is 5.73 Å². The van der Waals surface area contributed by atoms with E-state index in [4.69, 9.17) is 10.5 Å². The van der Waals surface area contributed by atoms with Gasteiger partial charge in [0.15, 0.2) is 0 Å². The van der Waals surface area contributed by atoms with E-state index in [-0.39, 0.29) is 24.1 Å². The standard InChI is InChI=1S/C12H20N4O3S/c1-16-5-6-19-10(9-16)8-15-20(17,18)12-3-2-4-14-11(12)7-13/h2-4,10,15H,5-9,13H2,1H3. The van der Waals surface area contributed by atoms with Gasteiger partial charge in [0.25, 0.3) is 0 Å². The average molecular weight is 300 g/mol. The van der Waals surface area contributed by atoms with Gasteiger partial charge in [0.1, 0.15) is 4.90 Å². The summed E-state index contributed by atoms with van der Waals surface area (Å²) in [6.45, 7) is 2.51. The van der Waals surface area contributed by atoms with Crippen LogP contribution in [0.25, 0.3) is 0 Å². The maximum Gasteiger partial charge on any atom is 0.242 e. The van der Waals surface area contributed by atoms with Crippen molar-refractivity contribution >= 4 is 10.0 Å². The van der Waals surface area contributed by atoms with Gasteiger partial charge in [-0.3, -0.25) is 4.98 Å². The molecule has 7 nitrogen and oxygen atoms in total. The number of nitrogens with two attached hydrogens (primary N) is 1. The Morgan fingerprint density at radius 2 is 2.40 bits per heavy atom. The summed E-state index contributed by atoms with van der Waals surface area (Å²) < 4.78 is 32.6. The summed E-state index contributed by atoms with van der Waals surface area (Å²) in [5.41, 5.74) is 5.88. The molecular formula is C12H20N4O3S. The van der Waals surface area contributed by atoms with Gasteiger partial charge in [0, 0.05) is 32.4 Å². The van der Waals surface area contributed by atoms with Crippen molar-refractivity contribution in [3.63, 3.8) is 0 Å². The van der Waals surface area contributed by atoms with Gasteiger partial charge in [-0.1, -0.05) is 0 Å². The van der Waals surface area contributed by atoms with Crippen molar-refractivity contribution < 1.29 is 13.2 Å². The summed E-state index contributed by atoms with van der Waals surface area (Å²) >= 11 is 0. The molecule has 1 saturated heterocycles. The number of hydrogen-bond donors (Lipinski definition) is 2. The molecule has 1 aromatic heterocycles. The molecule has 112 valence electrons. The maximum atomic E-state index is 12.3. The van der Waals surface area contributed by atoms with Crippen LogP contribution in [0, 0.1) is 0 Å². The SMILES string of the molecule is CN1CCOC(CNS(=O)(=O)c2cccnc2CN)C1. The lowest BCUT2D eigenvalue weighted by atomic mass is 10.3. The van der Waals surface area contributed by atoms with Crippen LogP contribution in [0.1, 0.15) is 5.69 Å². The second-order valence-electron chi connectivity index (χ2n) is 4.76. The molecule has 1 aliphatic heterocycles. The summed E-state index contributed by atoms with van der Waals surface area (Å²) in [6, 6.07) is 3.09. The molecule has 1 aliphatic rings. The highest BCUT2D eigenvalue weighted by molar-refractivity contribution is 7.89. The smallest absolute Gasteiger partial charge is 0.242 e. The van der Waals surface area contributed by atoms with E-state index in [0.717, 1.165) is 6.54 Å². The lowest BCUT2D eigenvalue weighted by molar-refractivity contribution is -0.0156. The van der Waals surface area contributed by atoms with Crippen LogP contribution in [0.15, 0.2) is 23.2 Å². The molecule has 1 aromatic rings. The molecule has 0 aromatic carbocycles. The molecule has 20 heavy (non-hydrogen) atoms. The summed E-state index contributed by atoms with van der Waals surface area (Å²) in [5.74, 6) is 0. The Labute approximate surface area is 119 Å². The minimum Gasteiger partial charge on any atom is -0.374 e. The molecule has 1 fully saturated rings. The minimum absolute atomic E-state index is 0.0831. The van der Waals surface area contributed by atoms with Crippen molar-refractivity contribution in [3.8, 4) is 0 Å². The number of morpholine rings is 1. The predicted octanol–water partition coefficient (Wildman–Crippen LogP) is -0.851. The van der Waals surface area contributed by atoms with Crippen molar-refractivity contribution in [3.05, 3.63) is 24.0 Å². The van der Waals surface area contributed by atoms with Crippen LogP contribution >= 0.6 is 0 Å². The molecule has 1 unspecified atom stereocenters. The lowest BCUT2D eigenvalue weighted by Crippen LogP contribution is -2.46. The highest BCUT2D eigenvalue weighted by Crippen LogP contribution is 2.12. The van der Waals surface area contributed by atoms with Crippen molar-refractivity contribution in [2.75, 3.05) is 33.3 Å². The number of nitrogens with zero attached hydrogens (tertiary/aromatic N) is 2. The maximum absolute atomic E-state index is 12.3. The van der Waals surface area contributed by atoms with E-state index >= 15 is 0 Å². The molecule has 8 heteroatoms. The number of aromatic nitrogens is 1. The first kappa shape index (κ1) is 15.3. The van der Waals surface area contributed by atoms with Gasteiger partial charge in [0.05, 0.1) is 18.4 Å². The molecule has 0 radical (unpaired) electrons. The number of likely N-dealkylation sites (N-methyl/N-ethyl adjacent to an activating group) is 1. The Balaban J connectivity index is 2.04. The number of rotatable bonds is 5. The zero-order chi connectivity index (χ0) is 14.6. The van der Waals surface area contributed by atoms with E-state index in [2.05, 4.69) is 14.6 Å². The van der Waals surface area contributed by atoms with Gasteiger partial charge >= 0.3 is 0 Å². The molecule has 0 bridgehead atoms. The Morgan fingerprint density at radius 3 is 3.10 bits per heavy atom. The number of sulfonamides is 1. The molecule has 0 aliphatic carbocycles. The van der Waals surface area contributed by atoms with Gasteiger partial charge in [-0.15, -0.1) is 0 Å². The molecule has 0 spiro atoms. The van der Waals surface area contributed by atoms with Crippen LogP contribution in [0.3, 0.4) is 0 Å². The second-order valence-corrected chi connectivity index (χ2v) is 6.49. The van der Waals surface area contributed by atoms with Gasteiger partial charge in [-0.05, 0) is 19.2 Å². The summed E-state index contributed by atoms with van der Waals surface area (Å²) in [7, 11) is -1.63. The molecule has 1 atom stereocenters. The van der Waals surface area contributed by atoms with E-state index in [1.807, 2.05) is 7.05 Å². The van der Waals surface area contributed by atoms with Gasteiger partial charge in [0.2, 0.25) is 10.0 Å². The quantitative estimate of drug-likeness (QED) is 0.735. The average Bonchev–Trinajstić information content (AvgIpc) is 2.45. The van der Waals surface area contributed by atoms with E-state index in [1.165, 1.54) is 12.3 Å². The molecule has 0 saturated carbocycles. The first-order valence-electron chi connectivity index (χ1n) is 6.46. The van der Waals surface area contributed by atoms with Gasteiger partial charge in [-0.2, -0.15) is 0 Å². The fourth-order valence-corrected chi connectivity index (χ4v) is 3.36. The van der Waals surface area contributed by atoms with E-state index in [9.17, 15) is 8.42 Å². The Kier molecular flexibility index (Phi) is 5.06. The summed E-state index contributed by atoms with van der Waals surface area (Å²) in [6.07, 6.45) is 1.39. The van der Waals surface area contributed by atoms with Gasteiger partial charge < -0.3 is 15.4 Å². The highest BCUT2D eigenvalue weighted by atomic mass is 32.2. The second kappa shape index (κ2) is 6.59. The highest BCUT2D eigenvalue weighted by Gasteiger charge is 2.23. The normalized spacial score (nSPS) is 21.0. The first-order chi connectivity index (χ1) is 9.53. The third-order valence-electron chi connectivity index (χ3n) is 3.17. The topological polar surface area (TPSA) is 97.5 Å². The summed E-state index contributed by atoms with van der Waals surface area (Å²) in [5, 5.41) is 0. The lowest BCUT2D eigenvalue weighted by Gasteiger charge is -2.30. The van der Waals surface area contributed by atoms with Crippen LogP contribution < -0.4 is 10.5 Å².